The fourth-order valence-corrected chi connectivity index (χ4v) is 1.11. The van der Waals surface area contributed by atoms with E-state index in [1.165, 1.54) is 11.9 Å². The van der Waals surface area contributed by atoms with Gasteiger partial charge < -0.3 is 10.5 Å². The molecule has 0 aliphatic rings. The molecule has 0 aliphatic carbocycles. The van der Waals surface area contributed by atoms with Gasteiger partial charge in [0.15, 0.2) is 0 Å². The summed E-state index contributed by atoms with van der Waals surface area (Å²) in [7, 11) is 0. The summed E-state index contributed by atoms with van der Waals surface area (Å²) in [5.74, 6) is 0. The average molecular weight is 154 g/mol. The van der Waals surface area contributed by atoms with Crippen molar-refractivity contribution in [2.75, 3.05) is 16.7 Å². The molecule has 0 spiro atoms. The molecular weight excluding hydrogens is 144 g/mol. The highest BCUT2D eigenvalue weighted by Gasteiger charge is 1.92. The Morgan fingerprint density at radius 1 is 1.40 bits per heavy atom. The number of benzene rings is 1. The first-order valence-corrected chi connectivity index (χ1v) is 4.20. The smallest absolute Gasteiger partial charge is 0.0672 e. The van der Waals surface area contributed by atoms with Crippen molar-refractivity contribution < 1.29 is 0 Å². The monoisotopic (exact) mass is 154 g/mol. The zero-order valence-corrected chi connectivity index (χ0v) is 6.61. The Morgan fingerprint density at radius 3 is 2.70 bits per heavy atom. The van der Waals surface area contributed by atoms with E-state index in [1.54, 1.807) is 0 Å². The second kappa shape index (κ2) is 3.37. The third-order valence-corrected chi connectivity index (χ3v) is 1.60. The minimum atomic E-state index is 0.789. The van der Waals surface area contributed by atoms with Crippen molar-refractivity contribution in [3.05, 3.63) is 24.3 Å². The van der Waals surface area contributed by atoms with Crippen LogP contribution < -0.4 is 10.5 Å². The average Bonchev–Trinajstić information content (AvgIpc) is 1.94. The van der Waals surface area contributed by atoms with Crippen LogP contribution in [0.1, 0.15) is 0 Å². The van der Waals surface area contributed by atoms with E-state index >= 15 is 0 Å². The van der Waals surface area contributed by atoms with E-state index in [1.807, 2.05) is 30.5 Å². The summed E-state index contributed by atoms with van der Waals surface area (Å²) < 4.78 is 3.07. The first-order chi connectivity index (χ1) is 4.84. The predicted molar refractivity (Wildman–Crippen MR) is 48.0 cm³/mol. The lowest BCUT2D eigenvalue weighted by atomic mass is 10.3. The summed E-state index contributed by atoms with van der Waals surface area (Å²) in [5, 5.41) is 0. The summed E-state index contributed by atoms with van der Waals surface area (Å²) in [6.45, 7) is 0. The second-order valence-corrected chi connectivity index (χ2v) is 2.51. The third-order valence-electron chi connectivity index (χ3n) is 1.17. The van der Waals surface area contributed by atoms with Gasteiger partial charge in [0.25, 0.3) is 0 Å². The summed E-state index contributed by atoms with van der Waals surface area (Å²) in [4.78, 5) is 0. The van der Waals surface area contributed by atoms with Crippen molar-refractivity contribution >= 4 is 23.3 Å². The molecule has 3 N–H and O–H groups in total. The molecule has 0 heterocycles. The fraction of sp³-hybridized carbons (Fsp3) is 0.143. The largest absolute Gasteiger partial charge is 0.397 e. The van der Waals surface area contributed by atoms with Crippen LogP contribution in [0.4, 0.5) is 11.4 Å². The van der Waals surface area contributed by atoms with E-state index in [2.05, 4.69) is 4.72 Å². The van der Waals surface area contributed by atoms with Gasteiger partial charge >= 0.3 is 0 Å². The number of rotatable bonds is 2. The zero-order chi connectivity index (χ0) is 7.40. The lowest BCUT2D eigenvalue weighted by molar-refractivity contribution is 1.66. The Kier molecular flexibility index (Phi) is 2.45. The lowest BCUT2D eigenvalue weighted by Crippen LogP contribution is -1.91. The lowest BCUT2D eigenvalue weighted by Gasteiger charge is -2.03. The van der Waals surface area contributed by atoms with Crippen molar-refractivity contribution in [2.45, 2.75) is 0 Å². The number of nitrogen functional groups attached to an aromatic ring is 1. The molecule has 1 rings (SSSR count). The molecule has 0 saturated carbocycles. The molecule has 0 unspecified atom stereocenters. The molecule has 0 radical (unpaired) electrons. The minimum absolute atomic E-state index is 0.789. The van der Waals surface area contributed by atoms with Crippen molar-refractivity contribution in [3.63, 3.8) is 0 Å². The maximum atomic E-state index is 5.63. The molecule has 54 valence electrons. The van der Waals surface area contributed by atoms with Gasteiger partial charge in [-0.2, -0.15) is 0 Å². The first-order valence-electron chi connectivity index (χ1n) is 2.98. The Balaban J connectivity index is 2.81. The molecule has 2 nitrogen and oxygen atoms in total. The van der Waals surface area contributed by atoms with Crippen LogP contribution in [0.2, 0.25) is 0 Å². The van der Waals surface area contributed by atoms with Gasteiger partial charge in [0.05, 0.1) is 11.4 Å². The molecule has 0 aliphatic heterocycles. The molecule has 0 aromatic heterocycles. The quantitative estimate of drug-likeness (QED) is 0.505. The number of anilines is 2. The maximum absolute atomic E-state index is 5.63. The van der Waals surface area contributed by atoms with E-state index in [0.29, 0.717) is 0 Å². The maximum Gasteiger partial charge on any atom is 0.0672 e. The summed E-state index contributed by atoms with van der Waals surface area (Å²) in [6.07, 6.45) is 1.96. The van der Waals surface area contributed by atoms with Crippen LogP contribution in [0.5, 0.6) is 0 Å². The number of nitrogens with one attached hydrogen (secondary N) is 1. The molecule has 3 heteroatoms. The molecule has 1 aromatic rings. The highest BCUT2D eigenvalue weighted by atomic mass is 32.2. The number of para-hydroxylation sites is 2. The highest BCUT2D eigenvalue weighted by molar-refractivity contribution is 7.99. The fourth-order valence-electron chi connectivity index (χ4n) is 0.700. The Hall–Kier alpha value is -0.830. The van der Waals surface area contributed by atoms with E-state index in [0.717, 1.165) is 11.4 Å². The van der Waals surface area contributed by atoms with E-state index in [4.69, 9.17) is 5.73 Å². The van der Waals surface area contributed by atoms with E-state index in [9.17, 15) is 0 Å². The van der Waals surface area contributed by atoms with Gasteiger partial charge in [0.1, 0.15) is 0 Å². The van der Waals surface area contributed by atoms with Gasteiger partial charge in [-0.25, -0.2) is 0 Å². The van der Waals surface area contributed by atoms with Crippen LogP contribution in [-0.2, 0) is 0 Å². The number of hydrogen-bond acceptors (Lipinski definition) is 3. The van der Waals surface area contributed by atoms with Crippen molar-refractivity contribution in [1.82, 2.24) is 0 Å². The van der Waals surface area contributed by atoms with Gasteiger partial charge in [-0.15, -0.1) is 0 Å². The van der Waals surface area contributed by atoms with Gasteiger partial charge in [0.2, 0.25) is 0 Å². The van der Waals surface area contributed by atoms with Crippen molar-refractivity contribution in [1.29, 1.82) is 0 Å². The molecule has 0 saturated heterocycles. The third kappa shape index (κ3) is 1.57. The van der Waals surface area contributed by atoms with E-state index < -0.39 is 0 Å². The SMILES string of the molecule is CSNc1ccccc1N. The van der Waals surface area contributed by atoms with Gasteiger partial charge in [0, 0.05) is 6.26 Å². The van der Waals surface area contributed by atoms with Crippen LogP contribution >= 0.6 is 11.9 Å². The second-order valence-electron chi connectivity index (χ2n) is 1.89. The van der Waals surface area contributed by atoms with E-state index in [-0.39, 0.29) is 0 Å². The molecule has 0 atom stereocenters. The summed E-state index contributed by atoms with van der Waals surface area (Å²) in [6, 6.07) is 7.69. The van der Waals surface area contributed by atoms with Crippen molar-refractivity contribution in [3.8, 4) is 0 Å². The number of nitrogens with two attached hydrogens (primary N) is 1. The minimum Gasteiger partial charge on any atom is -0.397 e. The Bertz CT molecular complexity index is 213. The normalized spacial score (nSPS) is 9.30. The Morgan fingerprint density at radius 2 is 2.10 bits per heavy atom. The van der Waals surface area contributed by atoms with Crippen LogP contribution in [0.3, 0.4) is 0 Å². The molecular formula is C7H10N2S. The predicted octanol–water partition coefficient (Wildman–Crippen LogP) is 1.96. The highest BCUT2D eigenvalue weighted by Crippen LogP contribution is 2.18. The summed E-state index contributed by atoms with van der Waals surface area (Å²) >= 11 is 1.54. The van der Waals surface area contributed by atoms with Crippen LogP contribution in [0.25, 0.3) is 0 Å². The van der Waals surface area contributed by atoms with Gasteiger partial charge in [-0.05, 0) is 12.1 Å². The van der Waals surface area contributed by atoms with Crippen LogP contribution in [0.15, 0.2) is 24.3 Å². The van der Waals surface area contributed by atoms with Gasteiger partial charge in [-0.1, -0.05) is 24.1 Å². The molecule has 1 aromatic carbocycles. The number of hydrogen-bond donors (Lipinski definition) is 2. The molecule has 0 amide bonds. The molecule has 0 bridgehead atoms. The van der Waals surface area contributed by atoms with Gasteiger partial charge in [-0.3, -0.25) is 0 Å². The topological polar surface area (TPSA) is 38.0 Å². The first kappa shape index (κ1) is 7.28. The van der Waals surface area contributed by atoms with Crippen molar-refractivity contribution in [2.24, 2.45) is 0 Å². The summed E-state index contributed by atoms with van der Waals surface area (Å²) in [5.41, 5.74) is 7.40. The van der Waals surface area contributed by atoms with Crippen LogP contribution in [0, 0.1) is 0 Å². The van der Waals surface area contributed by atoms with Crippen LogP contribution in [-0.4, -0.2) is 6.26 Å². The molecule has 0 fully saturated rings. The zero-order valence-electron chi connectivity index (χ0n) is 5.79. The standard InChI is InChI=1S/C7H10N2S/c1-10-9-7-5-3-2-4-6(7)8/h2-5,9H,8H2,1H3. The molecule has 10 heavy (non-hydrogen) atoms. The Labute approximate surface area is 64.9 Å².